The molecule has 1 fully saturated rings. The fourth-order valence-corrected chi connectivity index (χ4v) is 3.87. The number of aliphatic carboxylic acids is 1. The number of carbonyl (C=O) groups is 1. The molecule has 5 heteroatoms. The number of nitrogens with zero attached hydrogens (tertiary/aromatic N) is 2. The Labute approximate surface area is 119 Å². The van der Waals surface area contributed by atoms with Crippen LogP contribution in [0.15, 0.2) is 0 Å². The zero-order valence-corrected chi connectivity index (χ0v) is 12.1. The summed E-state index contributed by atoms with van der Waals surface area (Å²) in [5, 5.41) is 9.37. The van der Waals surface area contributed by atoms with Crippen molar-refractivity contribution in [2.45, 2.75) is 69.9 Å². The Morgan fingerprint density at radius 3 is 2.90 bits per heavy atom. The molecule has 0 spiro atoms. The highest BCUT2D eigenvalue weighted by molar-refractivity contribution is 5.78. The van der Waals surface area contributed by atoms with Crippen LogP contribution in [-0.4, -0.2) is 26.2 Å². The molecule has 0 bridgehead atoms. The Balaban J connectivity index is 1.93. The molecule has 0 amide bonds. The zero-order chi connectivity index (χ0) is 14.3. The lowest BCUT2D eigenvalue weighted by molar-refractivity contribution is -0.145. The summed E-state index contributed by atoms with van der Waals surface area (Å²) in [6.07, 6.45) is 7.53. The molecule has 2 aliphatic rings. The fraction of sp³-hybridized carbons (Fsp3) is 0.733. The number of aryl methyl sites for hydroxylation is 2. The molecule has 5 nitrogen and oxygen atoms in total. The molecule has 2 aliphatic carbocycles. The van der Waals surface area contributed by atoms with E-state index < -0.39 is 11.5 Å². The maximum absolute atomic E-state index is 11.4. The van der Waals surface area contributed by atoms with Gasteiger partial charge in [-0.25, -0.2) is 4.98 Å². The van der Waals surface area contributed by atoms with E-state index in [9.17, 15) is 9.90 Å². The van der Waals surface area contributed by atoms with Gasteiger partial charge in [-0.15, -0.1) is 0 Å². The second-order valence-electron chi connectivity index (χ2n) is 6.34. The summed E-state index contributed by atoms with van der Waals surface area (Å²) in [5.41, 5.74) is 7.57. The van der Waals surface area contributed by atoms with E-state index in [0.717, 1.165) is 31.5 Å². The lowest BCUT2D eigenvalue weighted by Gasteiger charge is -2.36. The molecule has 0 aliphatic heterocycles. The first-order chi connectivity index (χ1) is 9.51. The van der Waals surface area contributed by atoms with Gasteiger partial charge >= 0.3 is 5.97 Å². The number of fused-ring (bicyclic) bond motifs is 1. The first-order valence-corrected chi connectivity index (χ1v) is 7.60. The van der Waals surface area contributed by atoms with Gasteiger partial charge in [-0.1, -0.05) is 0 Å². The molecule has 0 radical (unpaired) electrons. The highest BCUT2D eigenvalue weighted by atomic mass is 16.4. The van der Waals surface area contributed by atoms with Gasteiger partial charge in [-0.3, -0.25) is 4.79 Å². The molecule has 0 saturated heterocycles. The second kappa shape index (κ2) is 4.88. The van der Waals surface area contributed by atoms with Crippen molar-refractivity contribution in [2.24, 2.45) is 5.73 Å². The van der Waals surface area contributed by atoms with Gasteiger partial charge in [-0.2, -0.15) is 0 Å². The highest BCUT2D eigenvalue weighted by Gasteiger charge is 2.41. The van der Waals surface area contributed by atoms with Gasteiger partial charge in [0.1, 0.15) is 11.4 Å². The van der Waals surface area contributed by atoms with Crippen molar-refractivity contribution in [1.82, 2.24) is 9.55 Å². The second-order valence-corrected chi connectivity index (χ2v) is 6.34. The molecule has 0 aromatic carbocycles. The van der Waals surface area contributed by atoms with Gasteiger partial charge in [0.2, 0.25) is 0 Å². The van der Waals surface area contributed by atoms with E-state index in [1.807, 2.05) is 6.92 Å². The van der Waals surface area contributed by atoms with Gasteiger partial charge < -0.3 is 15.4 Å². The summed E-state index contributed by atoms with van der Waals surface area (Å²) < 4.78 is 2.29. The first-order valence-electron chi connectivity index (χ1n) is 7.60. The van der Waals surface area contributed by atoms with Crippen LogP contribution in [0.25, 0.3) is 0 Å². The molecule has 1 saturated carbocycles. The molecular weight excluding hydrogens is 254 g/mol. The van der Waals surface area contributed by atoms with E-state index in [0.29, 0.717) is 12.8 Å². The number of hydrogen-bond acceptors (Lipinski definition) is 3. The molecule has 110 valence electrons. The minimum absolute atomic E-state index is 0.194. The van der Waals surface area contributed by atoms with Gasteiger partial charge in [0, 0.05) is 11.7 Å². The Morgan fingerprint density at radius 2 is 2.15 bits per heavy atom. The van der Waals surface area contributed by atoms with Gasteiger partial charge in [0.15, 0.2) is 0 Å². The number of carboxylic acids is 1. The van der Waals surface area contributed by atoms with E-state index in [4.69, 9.17) is 10.7 Å². The molecule has 2 atom stereocenters. The smallest absolute Gasteiger partial charge is 0.323 e. The average Bonchev–Trinajstić information content (AvgIpc) is 2.74. The van der Waals surface area contributed by atoms with E-state index in [1.165, 1.54) is 24.2 Å². The molecule has 3 rings (SSSR count). The maximum Gasteiger partial charge on any atom is 0.323 e. The van der Waals surface area contributed by atoms with Gasteiger partial charge in [0.25, 0.3) is 0 Å². The normalized spacial score (nSPS) is 30.0. The maximum atomic E-state index is 11.4. The quantitative estimate of drug-likeness (QED) is 0.866. The Bertz CT molecular complexity index is 537. The fourth-order valence-electron chi connectivity index (χ4n) is 3.87. The van der Waals surface area contributed by atoms with Crippen LogP contribution in [0.5, 0.6) is 0 Å². The van der Waals surface area contributed by atoms with E-state index >= 15 is 0 Å². The van der Waals surface area contributed by atoms with Crippen LogP contribution < -0.4 is 5.73 Å². The van der Waals surface area contributed by atoms with E-state index in [-0.39, 0.29) is 6.04 Å². The third-order valence-electron chi connectivity index (χ3n) is 4.90. The van der Waals surface area contributed by atoms with Crippen LogP contribution in [0.1, 0.15) is 61.8 Å². The zero-order valence-electron chi connectivity index (χ0n) is 12.1. The SMILES string of the molecule is Cc1nc2c(n1C1CCCC(N)(C(=O)O)C1)CCCC2. The Morgan fingerprint density at radius 1 is 1.40 bits per heavy atom. The summed E-state index contributed by atoms with van der Waals surface area (Å²) >= 11 is 0. The van der Waals surface area contributed by atoms with Crippen molar-refractivity contribution < 1.29 is 9.90 Å². The standard InChI is InChI=1S/C15H23N3O2/c1-10-17-12-6-2-3-7-13(12)18(10)11-5-4-8-15(16,9-11)14(19)20/h11H,2-9,16H2,1H3,(H,19,20). The minimum Gasteiger partial charge on any atom is -0.480 e. The van der Waals surface area contributed by atoms with Crippen LogP contribution >= 0.6 is 0 Å². The highest BCUT2D eigenvalue weighted by Crippen LogP contribution is 2.37. The predicted octanol–water partition coefficient (Wildman–Crippen LogP) is 1.97. The van der Waals surface area contributed by atoms with Crippen LogP contribution in [0.2, 0.25) is 0 Å². The van der Waals surface area contributed by atoms with Crippen LogP contribution in [0, 0.1) is 6.92 Å². The minimum atomic E-state index is -1.07. The van der Waals surface area contributed by atoms with Crippen molar-refractivity contribution in [1.29, 1.82) is 0 Å². The molecular formula is C15H23N3O2. The number of rotatable bonds is 2. The van der Waals surface area contributed by atoms with Crippen molar-refractivity contribution in [2.75, 3.05) is 0 Å². The molecule has 20 heavy (non-hydrogen) atoms. The number of nitrogens with two attached hydrogens (primary N) is 1. The largest absolute Gasteiger partial charge is 0.480 e. The number of hydrogen-bond donors (Lipinski definition) is 2. The van der Waals surface area contributed by atoms with Crippen molar-refractivity contribution in [3.63, 3.8) is 0 Å². The average molecular weight is 277 g/mol. The lowest BCUT2D eigenvalue weighted by Crippen LogP contribution is -2.51. The van der Waals surface area contributed by atoms with E-state index in [1.54, 1.807) is 0 Å². The summed E-state index contributed by atoms with van der Waals surface area (Å²) in [7, 11) is 0. The third-order valence-corrected chi connectivity index (χ3v) is 4.90. The van der Waals surface area contributed by atoms with Crippen molar-refractivity contribution in [3.05, 3.63) is 17.2 Å². The number of aromatic nitrogens is 2. The van der Waals surface area contributed by atoms with Crippen LogP contribution in [0.3, 0.4) is 0 Å². The Kier molecular flexibility index (Phi) is 3.32. The van der Waals surface area contributed by atoms with Crippen molar-refractivity contribution >= 4 is 5.97 Å². The van der Waals surface area contributed by atoms with Gasteiger partial charge in [-0.05, 0) is 58.3 Å². The summed E-state index contributed by atoms with van der Waals surface area (Å²) in [6.45, 7) is 2.03. The number of imidazole rings is 1. The summed E-state index contributed by atoms with van der Waals surface area (Å²) in [4.78, 5) is 16.1. The molecule has 1 heterocycles. The van der Waals surface area contributed by atoms with Crippen LogP contribution in [-0.2, 0) is 17.6 Å². The molecule has 1 aromatic rings. The summed E-state index contributed by atoms with van der Waals surface area (Å²) in [6, 6.07) is 0.194. The predicted molar refractivity (Wildman–Crippen MR) is 75.7 cm³/mol. The van der Waals surface area contributed by atoms with Crippen molar-refractivity contribution in [3.8, 4) is 0 Å². The van der Waals surface area contributed by atoms with E-state index in [2.05, 4.69) is 4.57 Å². The molecule has 2 unspecified atom stereocenters. The van der Waals surface area contributed by atoms with Gasteiger partial charge in [0.05, 0.1) is 5.69 Å². The molecule has 1 aromatic heterocycles. The Hall–Kier alpha value is -1.36. The lowest BCUT2D eigenvalue weighted by atomic mass is 9.79. The number of carboxylic acid groups (broad SMARTS) is 1. The monoisotopic (exact) mass is 277 g/mol. The third kappa shape index (κ3) is 2.14. The topological polar surface area (TPSA) is 81.1 Å². The molecule has 3 N–H and O–H groups in total. The van der Waals surface area contributed by atoms with Crippen LogP contribution in [0.4, 0.5) is 0 Å². The first kappa shape index (κ1) is 13.6. The summed E-state index contributed by atoms with van der Waals surface area (Å²) in [5.74, 6) is 0.158.